The number of nitro groups is 1. The van der Waals surface area contributed by atoms with Crippen LogP contribution in [-0.2, 0) is 26.2 Å². The van der Waals surface area contributed by atoms with Gasteiger partial charge in [-0.15, -0.1) is 0 Å². The largest absolute Gasteiger partial charge is 0.497 e. The van der Waals surface area contributed by atoms with Crippen molar-refractivity contribution in [1.29, 1.82) is 0 Å². The number of nitro benzene ring substituents is 1. The first-order valence-electron chi connectivity index (χ1n) is 14.0. The molecule has 0 saturated carbocycles. The van der Waals surface area contributed by atoms with E-state index in [1.807, 2.05) is 13.8 Å². The second-order valence-electron chi connectivity index (χ2n) is 10.6. The summed E-state index contributed by atoms with van der Waals surface area (Å²) in [5, 5.41) is 14.4. The monoisotopic (exact) mass is 628 g/mol. The van der Waals surface area contributed by atoms with E-state index in [0.29, 0.717) is 17.9 Å². The first kappa shape index (κ1) is 34.0. The fraction of sp³-hybridized carbons (Fsp3) is 0.355. The molecule has 0 heterocycles. The van der Waals surface area contributed by atoms with Crippen LogP contribution in [0.5, 0.6) is 5.75 Å². The number of nitrogens with one attached hydrogen (secondary N) is 1. The van der Waals surface area contributed by atoms with Crippen molar-refractivity contribution in [1.82, 2.24) is 10.2 Å². The topological polar surface area (TPSA) is 139 Å². The summed E-state index contributed by atoms with van der Waals surface area (Å²) in [5.74, 6) is -1.01. The van der Waals surface area contributed by atoms with Gasteiger partial charge >= 0.3 is 0 Å². The van der Waals surface area contributed by atoms with Crippen LogP contribution in [0.15, 0.2) is 71.6 Å². The van der Waals surface area contributed by atoms with Crippen molar-refractivity contribution in [2.45, 2.75) is 51.6 Å². The van der Waals surface area contributed by atoms with Gasteiger partial charge in [-0.05, 0) is 67.3 Å². The van der Waals surface area contributed by atoms with Crippen molar-refractivity contribution in [3.05, 3.63) is 93.8 Å². The Morgan fingerprint density at radius 2 is 1.68 bits per heavy atom. The van der Waals surface area contributed by atoms with Crippen LogP contribution in [0.25, 0.3) is 0 Å². The smallest absolute Gasteiger partial charge is 0.273 e. The van der Waals surface area contributed by atoms with Gasteiger partial charge in [0.25, 0.3) is 15.7 Å². The molecule has 0 aliphatic heterocycles. The van der Waals surface area contributed by atoms with E-state index in [0.717, 1.165) is 10.4 Å². The molecule has 0 saturated heterocycles. The minimum Gasteiger partial charge on any atom is -0.497 e. The van der Waals surface area contributed by atoms with E-state index in [2.05, 4.69) is 5.32 Å². The summed E-state index contributed by atoms with van der Waals surface area (Å²) in [7, 11) is -3.09. The molecule has 0 bridgehead atoms. The number of carbonyl (C=O) groups excluding carboxylic acids is 2. The van der Waals surface area contributed by atoms with E-state index in [1.54, 1.807) is 6.92 Å². The summed E-state index contributed by atoms with van der Waals surface area (Å²) in [6.45, 7) is 6.61. The lowest BCUT2D eigenvalue weighted by molar-refractivity contribution is -0.385. The van der Waals surface area contributed by atoms with Gasteiger partial charge in [-0.25, -0.2) is 12.8 Å². The molecule has 0 fully saturated rings. The number of methoxy groups -OCH3 is 1. The number of rotatable bonds is 14. The van der Waals surface area contributed by atoms with Gasteiger partial charge in [0.05, 0.1) is 22.6 Å². The van der Waals surface area contributed by atoms with Crippen LogP contribution < -0.4 is 14.4 Å². The Morgan fingerprint density at radius 1 is 1.05 bits per heavy atom. The van der Waals surface area contributed by atoms with Crippen LogP contribution in [0, 0.1) is 28.8 Å². The van der Waals surface area contributed by atoms with E-state index in [9.17, 15) is 32.5 Å². The highest BCUT2D eigenvalue weighted by Crippen LogP contribution is 2.29. The molecule has 3 aromatic carbocycles. The molecule has 0 unspecified atom stereocenters. The number of amides is 2. The van der Waals surface area contributed by atoms with Crippen LogP contribution in [-0.4, -0.2) is 56.3 Å². The molecular weight excluding hydrogens is 591 g/mol. The van der Waals surface area contributed by atoms with Crippen molar-refractivity contribution in [3.8, 4) is 5.75 Å². The number of ether oxygens (including phenoxy) is 1. The molecule has 3 rings (SSSR count). The predicted octanol–water partition coefficient (Wildman–Crippen LogP) is 4.83. The van der Waals surface area contributed by atoms with Crippen molar-refractivity contribution >= 4 is 33.2 Å². The fourth-order valence-corrected chi connectivity index (χ4v) is 5.91. The lowest BCUT2D eigenvalue weighted by Crippen LogP contribution is -2.52. The van der Waals surface area contributed by atoms with Crippen LogP contribution in [0.3, 0.4) is 0 Å². The third-order valence-corrected chi connectivity index (χ3v) is 8.71. The van der Waals surface area contributed by atoms with Gasteiger partial charge < -0.3 is 15.0 Å². The molecule has 1 N–H and O–H groups in total. The van der Waals surface area contributed by atoms with E-state index in [1.165, 1.54) is 79.6 Å². The summed E-state index contributed by atoms with van der Waals surface area (Å²) in [5.41, 5.74) is 0.506. The first-order chi connectivity index (χ1) is 20.8. The maximum atomic E-state index is 14.1. The standard InChI is InChI=1S/C31H37FN4O7S/c1-6-28(31(38)33-18-21(2)3)34(19-23-8-10-24(32)11-9-23)30(37)20-35(25-12-14-26(43-5)15-13-25)44(41,42)27-16-7-22(4)29(17-27)36(39)40/h7-17,21,28H,6,18-20H2,1-5H3,(H,33,38)/t28-/m0/s1. The third-order valence-electron chi connectivity index (χ3n) is 6.94. The summed E-state index contributed by atoms with van der Waals surface area (Å²) in [4.78, 5) is 39.2. The number of anilines is 1. The zero-order valence-electron chi connectivity index (χ0n) is 25.3. The van der Waals surface area contributed by atoms with E-state index in [-0.39, 0.29) is 35.0 Å². The molecule has 3 aromatic rings. The molecule has 44 heavy (non-hydrogen) atoms. The molecule has 0 aromatic heterocycles. The van der Waals surface area contributed by atoms with Crippen LogP contribution >= 0.6 is 0 Å². The molecule has 0 aliphatic carbocycles. The lowest BCUT2D eigenvalue weighted by atomic mass is 10.1. The highest BCUT2D eigenvalue weighted by atomic mass is 32.2. The molecule has 236 valence electrons. The second-order valence-corrected chi connectivity index (χ2v) is 12.5. The zero-order valence-corrected chi connectivity index (χ0v) is 26.1. The van der Waals surface area contributed by atoms with Gasteiger partial charge in [0.2, 0.25) is 11.8 Å². The highest BCUT2D eigenvalue weighted by Gasteiger charge is 2.34. The minimum atomic E-state index is -4.54. The Morgan fingerprint density at radius 3 is 2.23 bits per heavy atom. The van der Waals surface area contributed by atoms with Crippen LogP contribution in [0.4, 0.5) is 15.8 Å². The molecule has 11 nitrogen and oxygen atoms in total. The Balaban J connectivity index is 2.10. The average molecular weight is 629 g/mol. The van der Waals surface area contributed by atoms with Gasteiger partial charge in [0, 0.05) is 24.7 Å². The lowest BCUT2D eigenvalue weighted by Gasteiger charge is -2.33. The fourth-order valence-electron chi connectivity index (χ4n) is 4.48. The quantitative estimate of drug-likeness (QED) is 0.199. The normalized spacial score (nSPS) is 12.0. The SMILES string of the molecule is CC[C@@H](C(=O)NCC(C)C)N(Cc1ccc(F)cc1)C(=O)CN(c1ccc(OC)cc1)S(=O)(=O)c1ccc(C)c([N+](=O)[O-])c1. The van der Waals surface area contributed by atoms with Gasteiger partial charge in [0.1, 0.15) is 24.2 Å². The zero-order chi connectivity index (χ0) is 32.6. The molecule has 2 amide bonds. The van der Waals surface area contributed by atoms with Crippen molar-refractivity contribution in [2.24, 2.45) is 5.92 Å². The summed E-state index contributed by atoms with van der Waals surface area (Å²) in [6.07, 6.45) is 0.219. The molecule has 1 atom stereocenters. The van der Waals surface area contributed by atoms with Crippen molar-refractivity contribution in [2.75, 3.05) is 24.5 Å². The summed E-state index contributed by atoms with van der Waals surface area (Å²) in [6, 6.07) is 13.9. The number of hydrogen-bond donors (Lipinski definition) is 1. The second kappa shape index (κ2) is 14.8. The minimum absolute atomic E-state index is 0.0980. The maximum absolute atomic E-state index is 14.1. The van der Waals surface area contributed by atoms with E-state index < -0.39 is 50.9 Å². The number of carbonyl (C=O) groups is 2. The van der Waals surface area contributed by atoms with Crippen LogP contribution in [0.2, 0.25) is 0 Å². The molecule has 0 spiro atoms. The Bertz CT molecular complexity index is 1580. The Kier molecular flexibility index (Phi) is 11.4. The molecule has 0 radical (unpaired) electrons. The van der Waals surface area contributed by atoms with E-state index >= 15 is 0 Å². The molecular formula is C31H37FN4O7S. The predicted molar refractivity (Wildman–Crippen MR) is 164 cm³/mol. The molecule has 0 aliphatic rings. The number of hydrogen-bond acceptors (Lipinski definition) is 7. The number of halogens is 1. The van der Waals surface area contributed by atoms with Gasteiger partial charge in [-0.2, -0.15) is 0 Å². The van der Waals surface area contributed by atoms with Gasteiger partial charge in [0.15, 0.2) is 0 Å². The van der Waals surface area contributed by atoms with Crippen molar-refractivity contribution in [3.63, 3.8) is 0 Å². The Hall–Kier alpha value is -4.52. The average Bonchev–Trinajstić information content (AvgIpc) is 2.99. The number of sulfonamides is 1. The maximum Gasteiger partial charge on any atom is 0.273 e. The highest BCUT2D eigenvalue weighted by molar-refractivity contribution is 7.92. The van der Waals surface area contributed by atoms with Gasteiger partial charge in [-0.1, -0.05) is 39.0 Å². The Labute approximate surface area is 256 Å². The summed E-state index contributed by atoms with van der Waals surface area (Å²) < 4.78 is 47.8. The first-order valence-corrected chi connectivity index (χ1v) is 15.5. The third kappa shape index (κ3) is 8.31. The molecule has 13 heteroatoms. The number of benzene rings is 3. The summed E-state index contributed by atoms with van der Waals surface area (Å²) >= 11 is 0. The van der Waals surface area contributed by atoms with Gasteiger partial charge in [-0.3, -0.25) is 24.0 Å². The van der Waals surface area contributed by atoms with Crippen molar-refractivity contribution < 1.29 is 32.1 Å². The van der Waals surface area contributed by atoms with Crippen LogP contribution in [0.1, 0.15) is 38.3 Å². The number of nitrogens with zero attached hydrogens (tertiary/aromatic N) is 3. The number of aryl methyl sites for hydroxylation is 1. The van der Waals surface area contributed by atoms with E-state index in [4.69, 9.17) is 4.74 Å².